The van der Waals surface area contributed by atoms with E-state index in [1.54, 1.807) is 7.11 Å². The molecule has 0 fully saturated rings. The fourth-order valence-electron chi connectivity index (χ4n) is 1.04. The van der Waals surface area contributed by atoms with Crippen molar-refractivity contribution in [3.63, 3.8) is 0 Å². The normalized spacial score (nSPS) is 12.5. The van der Waals surface area contributed by atoms with E-state index < -0.39 is 0 Å². The number of carbonyl (C=O) groups excluding carboxylic acids is 1. The summed E-state index contributed by atoms with van der Waals surface area (Å²) in [5, 5.41) is 4.72. The molecule has 3 nitrogen and oxygen atoms in total. The minimum atomic E-state index is -0.0589. The fraction of sp³-hybridized carbons (Fsp3) is 0.444. The highest BCUT2D eigenvalue weighted by molar-refractivity contribution is 9.10. The van der Waals surface area contributed by atoms with E-state index in [4.69, 9.17) is 4.74 Å². The first-order valence-corrected chi connectivity index (χ1v) is 5.85. The van der Waals surface area contributed by atoms with Crippen molar-refractivity contribution in [2.45, 2.75) is 13.0 Å². The van der Waals surface area contributed by atoms with Gasteiger partial charge in [-0.25, -0.2) is 0 Å². The van der Waals surface area contributed by atoms with Gasteiger partial charge >= 0.3 is 0 Å². The lowest BCUT2D eigenvalue weighted by Gasteiger charge is -2.11. The van der Waals surface area contributed by atoms with E-state index in [2.05, 4.69) is 21.2 Å². The Morgan fingerprint density at radius 3 is 3.00 bits per heavy atom. The number of hydrogen-bond donors (Lipinski definition) is 1. The molecule has 0 aromatic carbocycles. The molecule has 1 amide bonds. The second-order valence-corrected chi connectivity index (χ2v) is 4.70. The second-order valence-electron chi connectivity index (χ2n) is 2.93. The quantitative estimate of drug-likeness (QED) is 0.917. The van der Waals surface area contributed by atoms with Crippen LogP contribution in [0, 0.1) is 0 Å². The molecule has 0 aliphatic heterocycles. The molecule has 1 aromatic rings. The maximum absolute atomic E-state index is 11.6. The van der Waals surface area contributed by atoms with Gasteiger partial charge in [0.25, 0.3) is 5.91 Å². The minimum Gasteiger partial charge on any atom is -0.383 e. The van der Waals surface area contributed by atoms with Crippen LogP contribution in [0.15, 0.2) is 15.9 Å². The Balaban J connectivity index is 2.55. The van der Waals surface area contributed by atoms with Gasteiger partial charge in [0.15, 0.2) is 0 Å². The summed E-state index contributed by atoms with van der Waals surface area (Å²) in [6.07, 6.45) is 0. The number of amides is 1. The van der Waals surface area contributed by atoms with E-state index >= 15 is 0 Å². The molecule has 0 aliphatic carbocycles. The van der Waals surface area contributed by atoms with E-state index in [1.807, 2.05) is 18.4 Å². The summed E-state index contributed by atoms with van der Waals surface area (Å²) in [4.78, 5) is 12.3. The number of hydrogen-bond acceptors (Lipinski definition) is 3. The Kier molecular flexibility index (Phi) is 4.57. The third-order valence-electron chi connectivity index (χ3n) is 1.62. The predicted octanol–water partition coefficient (Wildman–Crippen LogP) is 2.28. The molecule has 0 spiro atoms. The summed E-state index contributed by atoms with van der Waals surface area (Å²) < 4.78 is 5.77. The van der Waals surface area contributed by atoms with E-state index in [1.165, 1.54) is 11.3 Å². The third-order valence-corrected chi connectivity index (χ3v) is 3.45. The van der Waals surface area contributed by atoms with Crippen LogP contribution in [0.5, 0.6) is 0 Å². The maximum Gasteiger partial charge on any atom is 0.262 e. The Morgan fingerprint density at radius 1 is 1.79 bits per heavy atom. The number of thiophene rings is 1. The monoisotopic (exact) mass is 277 g/mol. The molecule has 5 heteroatoms. The van der Waals surface area contributed by atoms with Crippen molar-refractivity contribution in [3.8, 4) is 0 Å². The lowest BCUT2D eigenvalue weighted by molar-refractivity contribution is 0.0909. The summed E-state index contributed by atoms with van der Waals surface area (Å²) in [5.41, 5.74) is 0. The van der Waals surface area contributed by atoms with Crippen molar-refractivity contribution in [1.82, 2.24) is 5.32 Å². The van der Waals surface area contributed by atoms with Gasteiger partial charge < -0.3 is 10.1 Å². The minimum absolute atomic E-state index is 0.0292. The second kappa shape index (κ2) is 5.48. The molecular formula is C9H12BrNO2S. The third kappa shape index (κ3) is 3.08. The largest absolute Gasteiger partial charge is 0.383 e. The highest BCUT2D eigenvalue weighted by atomic mass is 79.9. The number of ether oxygens (including phenoxy) is 1. The Hall–Kier alpha value is -0.390. The van der Waals surface area contributed by atoms with Crippen molar-refractivity contribution in [1.29, 1.82) is 0 Å². The maximum atomic E-state index is 11.6. The zero-order valence-corrected chi connectivity index (χ0v) is 10.4. The van der Waals surface area contributed by atoms with E-state index in [0.717, 1.165) is 4.47 Å². The smallest absolute Gasteiger partial charge is 0.262 e. The number of halogens is 1. The molecule has 0 saturated heterocycles. The van der Waals surface area contributed by atoms with Gasteiger partial charge in [-0.15, -0.1) is 11.3 Å². The molecule has 0 radical (unpaired) electrons. The molecule has 1 heterocycles. The molecule has 1 N–H and O–H groups in total. The van der Waals surface area contributed by atoms with Crippen LogP contribution in [0.1, 0.15) is 16.6 Å². The molecule has 0 aliphatic rings. The van der Waals surface area contributed by atoms with E-state index in [9.17, 15) is 4.79 Å². The van der Waals surface area contributed by atoms with Gasteiger partial charge in [0.2, 0.25) is 0 Å². The Morgan fingerprint density at radius 2 is 2.50 bits per heavy atom. The van der Waals surface area contributed by atoms with Crippen molar-refractivity contribution in [2.24, 2.45) is 0 Å². The average Bonchev–Trinajstić information content (AvgIpc) is 2.51. The standard InChI is InChI=1S/C9H12BrNO2S/c1-6(5-13-2)11-9(12)8-7(10)3-4-14-8/h3-4,6H,5H2,1-2H3,(H,11,12)/t6-/m1/s1. The Labute approximate surface area is 95.6 Å². The summed E-state index contributed by atoms with van der Waals surface area (Å²) in [5.74, 6) is -0.0589. The molecule has 1 rings (SSSR count). The zero-order valence-electron chi connectivity index (χ0n) is 8.04. The predicted molar refractivity (Wildman–Crippen MR) is 60.8 cm³/mol. The number of rotatable bonds is 4. The first-order valence-electron chi connectivity index (χ1n) is 4.18. The summed E-state index contributed by atoms with van der Waals surface area (Å²) in [7, 11) is 1.61. The molecule has 78 valence electrons. The molecule has 0 saturated carbocycles. The average molecular weight is 278 g/mol. The van der Waals surface area contributed by atoms with Gasteiger partial charge in [-0.3, -0.25) is 4.79 Å². The van der Waals surface area contributed by atoms with E-state index in [0.29, 0.717) is 11.5 Å². The van der Waals surface area contributed by atoms with Gasteiger partial charge in [-0.1, -0.05) is 0 Å². The molecule has 0 bridgehead atoms. The van der Waals surface area contributed by atoms with Crippen LogP contribution in [0.3, 0.4) is 0 Å². The highest BCUT2D eigenvalue weighted by Crippen LogP contribution is 2.22. The zero-order chi connectivity index (χ0) is 10.6. The summed E-state index contributed by atoms with van der Waals surface area (Å²) >= 11 is 4.73. The number of nitrogens with one attached hydrogen (secondary N) is 1. The summed E-state index contributed by atoms with van der Waals surface area (Å²) in [6.45, 7) is 2.43. The highest BCUT2D eigenvalue weighted by Gasteiger charge is 2.13. The molecular weight excluding hydrogens is 266 g/mol. The van der Waals surface area contributed by atoms with Crippen LogP contribution in [-0.4, -0.2) is 25.7 Å². The fourth-order valence-corrected chi connectivity index (χ4v) is 2.49. The van der Waals surface area contributed by atoms with Gasteiger partial charge in [0, 0.05) is 17.6 Å². The van der Waals surface area contributed by atoms with Crippen LogP contribution in [0.4, 0.5) is 0 Å². The van der Waals surface area contributed by atoms with Crippen LogP contribution >= 0.6 is 27.3 Å². The molecule has 0 unspecified atom stereocenters. The van der Waals surface area contributed by atoms with Gasteiger partial charge in [0.1, 0.15) is 4.88 Å². The van der Waals surface area contributed by atoms with Crippen LogP contribution in [-0.2, 0) is 4.74 Å². The first kappa shape index (κ1) is 11.7. The molecule has 1 aromatic heterocycles. The summed E-state index contributed by atoms with van der Waals surface area (Å²) in [6, 6.07) is 1.89. The van der Waals surface area contributed by atoms with Crippen LogP contribution < -0.4 is 5.32 Å². The number of methoxy groups -OCH3 is 1. The van der Waals surface area contributed by atoms with Crippen molar-refractivity contribution >= 4 is 33.2 Å². The van der Waals surface area contributed by atoms with Crippen molar-refractivity contribution in [2.75, 3.05) is 13.7 Å². The SMILES string of the molecule is COC[C@@H](C)NC(=O)c1sccc1Br. The van der Waals surface area contributed by atoms with Gasteiger partial charge in [-0.2, -0.15) is 0 Å². The van der Waals surface area contributed by atoms with Gasteiger partial charge in [-0.05, 0) is 34.3 Å². The topological polar surface area (TPSA) is 38.3 Å². The van der Waals surface area contributed by atoms with Crippen LogP contribution in [0.2, 0.25) is 0 Å². The van der Waals surface area contributed by atoms with Gasteiger partial charge in [0.05, 0.1) is 6.61 Å². The first-order chi connectivity index (χ1) is 6.65. The Bertz CT molecular complexity index is 314. The molecule has 1 atom stereocenters. The molecule has 14 heavy (non-hydrogen) atoms. The lowest BCUT2D eigenvalue weighted by Crippen LogP contribution is -2.35. The van der Waals surface area contributed by atoms with E-state index in [-0.39, 0.29) is 11.9 Å². The van der Waals surface area contributed by atoms with Crippen molar-refractivity contribution in [3.05, 3.63) is 20.8 Å². The number of carbonyl (C=O) groups is 1. The lowest BCUT2D eigenvalue weighted by atomic mass is 10.3. The van der Waals surface area contributed by atoms with Crippen LogP contribution in [0.25, 0.3) is 0 Å². The van der Waals surface area contributed by atoms with Crippen molar-refractivity contribution < 1.29 is 9.53 Å².